The number of anilines is 2. The van der Waals surface area contributed by atoms with Crippen molar-refractivity contribution in [3.8, 4) is 0 Å². The summed E-state index contributed by atoms with van der Waals surface area (Å²) in [6.45, 7) is 0.658. The van der Waals surface area contributed by atoms with Crippen molar-refractivity contribution >= 4 is 17.4 Å². The van der Waals surface area contributed by atoms with Gasteiger partial charge in [-0.2, -0.15) is 0 Å². The molecule has 20 heavy (non-hydrogen) atoms. The Labute approximate surface area is 118 Å². The zero-order valence-electron chi connectivity index (χ0n) is 11.6. The number of aromatic nitrogens is 1. The largest absolute Gasteiger partial charge is 0.378 e. The van der Waals surface area contributed by atoms with E-state index in [0.717, 1.165) is 17.1 Å². The molecule has 104 valence electrons. The van der Waals surface area contributed by atoms with Crippen LogP contribution >= 0.6 is 0 Å². The Morgan fingerprint density at radius 1 is 1.25 bits per heavy atom. The van der Waals surface area contributed by atoms with Crippen LogP contribution in [0.3, 0.4) is 0 Å². The molecular weight excluding hydrogens is 252 g/mol. The molecule has 0 fully saturated rings. The summed E-state index contributed by atoms with van der Waals surface area (Å²) >= 11 is 0. The highest BCUT2D eigenvalue weighted by molar-refractivity contribution is 5.92. The van der Waals surface area contributed by atoms with Gasteiger partial charge in [0.25, 0.3) is 0 Å². The van der Waals surface area contributed by atoms with Crippen molar-refractivity contribution in [3.05, 3.63) is 53.7 Å². The van der Waals surface area contributed by atoms with Crippen LogP contribution in [-0.4, -0.2) is 25.0 Å². The van der Waals surface area contributed by atoms with Gasteiger partial charge in [-0.3, -0.25) is 4.79 Å². The molecule has 1 heterocycles. The number of primary amides is 1. The van der Waals surface area contributed by atoms with Crippen LogP contribution < -0.4 is 16.0 Å². The van der Waals surface area contributed by atoms with E-state index in [2.05, 4.69) is 10.3 Å². The normalized spacial score (nSPS) is 10.1. The van der Waals surface area contributed by atoms with E-state index in [1.807, 2.05) is 43.3 Å². The van der Waals surface area contributed by atoms with Crippen LogP contribution in [0.4, 0.5) is 11.5 Å². The van der Waals surface area contributed by atoms with Crippen LogP contribution in [0.2, 0.25) is 0 Å². The summed E-state index contributed by atoms with van der Waals surface area (Å²) in [5, 5.41) is 3.34. The average molecular weight is 270 g/mol. The molecule has 0 aliphatic carbocycles. The number of nitrogens with zero attached hydrogens (tertiary/aromatic N) is 2. The van der Waals surface area contributed by atoms with E-state index in [9.17, 15) is 4.79 Å². The Bertz CT molecular complexity index is 593. The van der Waals surface area contributed by atoms with E-state index in [1.54, 1.807) is 18.3 Å². The van der Waals surface area contributed by atoms with Gasteiger partial charge in [-0.15, -0.1) is 0 Å². The molecule has 0 unspecified atom stereocenters. The number of amides is 1. The number of hydrogen-bond acceptors (Lipinski definition) is 4. The van der Waals surface area contributed by atoms with E-state index in [4.69, 9.17) is 5.73 Å². The minimum atomic E-state index is -0.410. The fourth-order valence-corrected chi connectivity index (χ4v) is 1.88. The lowest BCUT2D eigenvalue weighted by molar-refractivity contribution is 0.100. The number of benzene rings is 1. The van der Waals surface area contributed by atoms with E-state index in [0.29, 0.717) is 12.1 Å². The Balaban J connectivity index is 2.07. The number of carbonyl (C=O) groups is 1. The minimum Gasteiger partial charge on any atom is -0.378 e. The summed E-state index contributed by atoms with van der Waals surface area (Å²) in [6, 6.07) is 11.1. The molecule has 5 nitrogen and oxygen atoms in total. The Hall–Kier alpha value is -2.56. The van der Waals surface area contributed by atoms with Gasteiger partial charge in [0.1, 0.15) is 0 Å². The third kappa shape index (κ3) is 3.26. The maximum atomic E-state index is 11.0. The molecule has 0 atom stereocenters. The van der Waals surface area contributed by atoms with Crippen LogP contribution in [0.1, 0.15) is 15.9 Å². The van der Waals surface area contributed by atoms with E-state index < -0.39 is 5.91 Å². The average Bonchev–Trinajstić information content (AvgIpc) is 2.45. The van der Waals surface area contributed by atoms with Gasteiger partial charge >= 0.3 is 0 Å². The topological polar surface area (TPSA) is 71.2 Å². The molecule has 0 bridgehead atoms. The minimum absolute atomic E-state index is 0.410. The first-order valence-corrected chi connectivity index (χ1v) is 6.33. The first-order valence-electron chi connectivity index (χ1n) is 6.33. The van der Waals surface area contributed by atoms with Crippen LogP contribution in [0.25, 0.3) is 0 Å². The van der Waals surface area contributed by atoms with Crippen LogP contribution in [-0.2, 0) is 6.54 Å². The molecule has 1 aromatic heterocycles. The fourth-order valence-electron chi connectivity index (χ4n) is 1.88. The highest BCUT2D eigenvalue weighted by atomic mass is 16.1. The van der Waals surface area contributed by atoms with Crippen LogP contribution in [0, 0.1) is 0 Å². The van der Waals surface area contributed by atoms with Gasteiger partial charge in [-0.05, 0) is 29.8 Å². The summed E-state index contributed by atoms with van der Waals surface area (Å²) in [6.07, 6.45) is 1.77. The van der Waals surface area contributed by atoms with Crippen molar-refractivity contribution in [1.29, 1.82) is 0 Å². The zero-order valence-corrected chi connectivity index (χ0v) is 11.6. The second-order valence-corrected chi connectivity index (χ2v) is 4.68. The number of rotatable bonds is 5. The first kappa shape index (κ1) is 13.9. The fraction of sp³-hybridized carbons (Fsp3) is 0.200. The molecular formula is C15H18N4O. The van der Waals surface area contributed by atoms with Crippen molar-refractivity contribution in [2.45, 2.75) is 6.54 Å². The summed E-state index contributed by atoms with van der Waals surface area (Å²) in [5.74, 6) is 0.480. The maximum absolute atomic E-state index is 11.0. The lowest BCUT2D eigenvalue weighted by atomic mass is 10.1. The highest BCUT2D eigenvalue weighted by Crippen LogP contribution is 2.21. The number of hydrogen-bond donors (Lipinski definition) is 2. The number of nitrogens with two attached hydrogens (primary N) is 1. The van der Waals surface area contributed by atoms with Crippen molar-refractivity contribution in [2.75, 3.05) is 24.3 Å². The molecule has 0 saturated heterocycles. The van der Waals surface area contributed by atoms with E-state index in [-0.39, 0.29) is 0 Å². The molecule has 2 aromatic rings. The third-order valence-corrected chi connectivity index (χ3v) is 2.93. The van der Waals surface area contributed by atoms with Crippen molar-refractivity contribution in [1.82, 2.24) is 4.98 Å². The van der Waals surface area contributed by atoms with E-state index in [1.165, 1.54) is 0 Å². The van der Waals surface area contributed by atoms with Crippen molar-refractivity contribution in [3.63, 3.8) is 0 Å². The lowest BCUT2D eigenvalue weighted by Crippen LogP contribution is -2.14. The standard InChI is InChI=1S/C15H18N4O/c1-19(2)15-13(4-3-9-17-15)18-10-11-5-7-12(8-6-11)14(16)20/h3-9,18H,10H2,1-2H3,(H2,16,20). The smallest absolute Gasteiger partial charge is 0.248 e. The number of nitrogens with one attached hydrogen (secondary N) is 1. The van der Waals surface area contributed by atoms with E-state index >= 15 is 0 Å². The Kier molecular flexibility index (Phi) is 4.20. The zero-order chi connectivity index (χ0) is 14.5. The molecule has 0 radical (unpaired) electrons. The third-order valence-electron chi connectivity index (χ3n) is 2.93. The molecule has 0 saturated carbocycles. The molecule has 0 aliphatic rings. The molecule has 0 aliphatic heterocycles. The van der Waals surface area contributed by atoms with Gasteiger partial charge in [0.15, 0.2) is 5.82 Å². The summed E-state index contributed by atoms with van der Waals surface area (Å²) in [4.78, 5) is 17.3. The van der Waals surface area contributed by atoms with Gasteiger partial charge in [-0.25, -0.2) is 4.98 Å². The predicted molar refractivity (Wildman–Crippen MR) is 80.9 cm³/mol. The highest BCUT2D eigenvalue weighted by Gasteiger charge is 2.05. The number of pyridine rings is 1. The van der Waals surface area contributed by atoms with Gasteiger partial charge < -0.3 is 16.0 Å². The first-order chi connectivity index (χ1) is 9.58. The molecule has 1 aromatic carbocycles. The maximum Gasteiger partial charge on any atom is 0.248 e. The SMILES string of the molecule is CN(C)c1ncccc1NCc1ccc(C(N)=O)cc1. The predicted octanol–water partition coefficient (Wildman–Crippen LogP) is 1.86. The van der Waals surface area contributed by atoms with Crippen molar-refractivity contribution < 1.29 is 4.79 Å². The molecule has 0 spiro atoms. The summed E-state index contributed by atoms with van der Waals surface area (Å²) < 4.78 is 0. The lowest BCUT2D eigenvalue weighted by Gasteiger charge is -2.16. The van der Waals surface area contributed by atoms with Gasteiger partial charge in [0, 0.05) is 32.4 Å². The quantitative estimate of drug-likeness (QED) is 0.870. The summed E-state index contributed by atoms with van der Waals surface area (Å²) in [5.41, 5.74) is 7.77. The van der Waals surface area contributed by atoms with Gasteiger partial charge in [0.2, 0.25) is 5.91 Å². The molecule has 3 N–H and O–H groups in total. The second kappa shape index (κ2) is 6.06. The summed E-state index contributed by atoms with van der Waals surface area (Å²) in [7, 11) is 3.91. The monoisotopic (exact) mass is 270 g/mol. The van der Waals surface area contributed by atoms with Gasteiger partial charge in [0.05, 0.1) is 5.69 Å². The van der Waals surface area contributed by atoms with Crippen molar-refractivity contribution in [2.24, 2.45) is 5.73 Å². The molecule has 2 rings (SSSR count). The molecule has 5 heteroatoms. The molecule has 1 amide bonds. The second-order valence-electron chi connectivity index (χ2n) is 4.68. The number of carbonyl (C=O) groups excluding carboxylic acids is 1. The van der Waals surface area contributed by atoms with Crippen LogP contribution in [0.5, 0.6) is 0 Å². The Morgan fingerprint density at radius 2 is 1.95 bits per heavy atom. The van der Waals surface area contributed by atoms with Gasteiger partial charge in [-0.1, -0.05) is 12.1 Å². The Morgan fingerprint density at radius 3 is 2.55 bits per heavy atom. The van der Waals surface area contributed by atoms with Crippen LogP contribution in [0.15, 0.2) is 42.6 Å².